The van der Waals surface area contributed by atoms with Gasteiger partial charge in [-0.3, -0.25) is 10.1 Å². The van der Waals surface area contributed by atoms with Gasteiger partial charge in [-0.15, -0.1) is 22.7 Å². The first-order valence-electron chi connectivity index (χ1n) is 11.2. The van der Waals surface area contributed by atoms with Crippen molar-refractivity contribution in [2.45, 2.75) is 18.9 Å². The van der Waals surface area contributed by atoms with Crippen LogP contribution in [0.2, 0.25) is 0 Å². The Kier molecular flexibility index (Phi) is 7.02. The van der Waals surface area contributed by atoms with Crippen molar-refractivity contribution in [2.75, 3.05) is 35.6 Å². The number of anilines is 3. The summed E-state index contributed by atoms with van der Waals surface area (Å²) in [5, 5.41) is 20.6. The van der Waals surface area contributed by atoms with Gasteiger partial charge in [0.1, 0.15) is 18.0 Å². The second-order valence-electron chi connectivity index (χ2n) is 8.13. The molecule has 10 nitrogen and oxygen atoms in total. The number of carbonyl (C=O) groups excluding carboxylic acids is 2. The molecule has 3 aromatic heterocycles. The van der Waals surface area contributed by atoms with E-state index in [1.165, 1.54) is 34.7 Å². The van der Waals surface area contributed by atoms with Crippen molar-refractivity contribution in [1.29, 1.82) is 0 Å². The van der Waals surface area contributed by atoms with Crippen LogP contribution in [0.4, 0.5) is 25.8 Å². The van der Waals surface area contributed by atoms with Gasteiger partial charge in [0.05, 0.1) is 21.9 Å². The molecule has 4 N–H and O–H groups in total. The molecule has 0 bridgehead atoms. The fourth-order valence-electron chi connectivity index (χ4n) is 3.82. The van der Waals surface area contributed by atoms with Crippen molar-refractivity contribution >= 4 is 61.5 Å². The highest BCUT2D eigenvalue weighted by Gasteiger charge is 2.27. The number of nitrogens with zero attached hydrogens (tertiary/aromatic N) is 4. The second kappa shape index (κ2) is 10.5. The fourth-order valence-corrected chi connectivity index (χ4v) is 5.44. The Morgan fingerprint density at radius 3 is 2.92 bits per heavy atom. The molecule has 13 heteroatoms. The number of likely N-dealkylation sites (tertiary alicyclic amines) is 1. The van der Waals surface area contributed by atoms with Crippen LogP contribution >= 0.6 is 22.7 Å². The van der Waals surface area contributed by atoms with Gasteiger partial charge in [0.2, 0.25) is 0 Å². The number of thiophene rings is 1. The molecule has 0 unspecified atom stereocenters. The molecular formula is C23H22FN7O3S2. The molecule has 1 saturated heterocycles. The molecule has 4 heterocycles. The number of aliphatic hydroxyl groups is 1. The van der Waals surface area contributed by atoms with E-state index in [-0.39, 0.29) is 17.8 Å². The molecule has 4 aromatic rings. The van der Waals surface area contributed by atoms with Crippen LogP contribution in [0.3, 0.4) is 0 Å². The SMILES string of the molecule is O=C(Nc1ccc(F)c(C(=O)N2CC[C@H](O)C2)c1)Nc1ncc(CCNc2ncnc3ccsc23)s1. The minimum atomic E-state index is -0.688. The largest absolute Gasteiger partial charge is 0.391 e. The molecule has 0 aliphatic carbocycles. The third-order valence-corrected chi connectivity index (χ3v) is 7.47. The predicted octanol–water partition coefficient (Wildman–Crippen LogP) is 3.79. The van der Waals surface area contributed by atoms with Gasteiger partial charge in [-0.05, 0) is 36.1 Å². The van der Waals surface area contributed by atoms with E-state index in [2.05, 4.69) is 30.9 Å². The lowest BCUT2D eigenvalue weighted by Crippen LogP contribution is -2.30. The van der Waals surface area contributed by atoms with Crippen LogP contribution < -0.4 is 16.0 Å². The molecule has 0 spiro atoms. The Balaban J connectivity index is 1.15. The number of halogens is 1. The standard InChI is InChI=1S/C23H22FN7O3S2/c24-17-2-1-13(9-16(17)21(33)31-7-4-14(32)11-31)29-22(34)30-23-26-10-15(36-23)3-6-25-20-19-18(5-8-35-19)27-12-28-20/h1-2,5,8-10,12,14,32H,3-4,6-7,11H2,(H,25,27,28)(H2,26,29,30,34)/t14-/m0/s1. The summed E-state index contributed by atoms with van der Waals surface area (Å²) in [5.41, 5.74) is 1.01. The van der Waals surface area contributed by atoms with Crippen LogP contribution in [0.1, 0.15) is 21.7 Å². The summed E-state index contributed by atoms with van der Waals surface area (Å²) in [5.74, 6) is -0.421. The van der Waals surface area contributed by atoms with Gasteiger partial charge in [-0.25, -0.2) is 24.1 Å². The third kappa shape index (κ3) is 5.42. The number of hydrogen-bond acceptors (Lipinski definition) is 9. The van der Waals surface area contributed by atoms with Crippen LogP contribution in [-0.4, -0.2) is 62.6 Å². The number of urea groups is 1. The lowest BCUT2D eigenvalue weighted by atomic mass is 10.1. The zero-order chi connectivity index (χ0) is 25.1. The van der Waals surface area contributed by atoms with E-state index in [0.29, 0.717) is 31.1 Å². The number of β-amino-alcohol motifs (C(OH)–C–C–N with tert-alkyl or cyclic N) is 1. The molecule has 186 valence electrons. The highest BCUT2D eigenvalue weighted by molar-refractivity contribution is 7.17. The van der Waals surface area contributed by atoms with Gasteiger partial charge in [0, 0.05) is 42.8 Å². The zero-order valence-electron chi connectivity index (χ0n) is 18.9. The van der Waals surface area contributed by atoms with Crippen molar-refractivity contribution < 1.29 is 19.1 Å². The van der Waals surface area contributed by atoms with Crippen LogP contribution in [0.5, 0.6) is 0 Å². The smallest absolute Gasteiger partial charge is 0.325 e. The summed E-state index contributed by atoms with van der Waals surface area (Å²) in [7, 11) is 0. The number of benzene rings is 1. The summed E-state index contributed by atoms with van der Waals surface area (Å²) < 4.78 is 15.3. The highest BCUT2D eigenvalue weighted by Crippen LogP contribution is 2.25. The van der Waals surface area contributed by atoms with Gasteiger partial charge in [-0.1, -0.05) is 0 Å². The number of aromatic nitrogens is 3. The lowest BCUT2D eigenvalue weighted by molar-refractivity contribution is 0.0760. The average Bonchev–Trinajstić information content (AvgIpc) is 3.61. The van der Waals surface area contributed by atoms with Gasteiger partial charge in [-0.2, -0.15) is 0 Å². The van der Waals surface area contributed by atoms with Crippen LogP contribution in [0, 0.1) is 5.82 Å². The van der Waals surface area contributed by atoms with Crippen LogP contribution in [0.25, 0.3) is 10.2 Å². The number of nitrogens with one attached hydrogen (secondary N) is 3. The highest BCUT2D eigenvalue weighted by atomic mass is 32.1. The number of hydrogen-bond donors (Lipinski definition) is 4. The molecule has 0 radical (unpaired) electrons. The first kappa shape index (κ1) is 24.0. The summed E-state index contributed by atoms with van der Waals surface area (Å²) in [6, 6.07) is 5.19. The first-order chi connectivity index (χ1) is 17.5. The fraction of sp³-hybridized carbons (Fsp3) is 0.261. The molecule has 3 amide bonds. The molecule has 1 aliphatic heterocycles. The number of aliphatic hydroxyl groups excluding tert-OH is 1. The van der Waals surface area contributed by atoms with E-state index in [0.717, 1.165) is 27.0 Å². The molecule has 1 aliphatic rings. The summed E-state index contributed by atoms with van der Waals surface area (Å²) in [6.07, 6.45) is 3.77. The van der Waals surface area contributed by atoms with Crippen molar-refractivity contribution in [2.24, 2.45) is 0 Å². The maximum Gasteiger partial charge on any atom is 0.325 e. The first-order valence-corrected chi connectivity index (χ1v) is 12.9. The Labute approximate surface area is 213 Å². The van der Waals surface area contributed by atoms with Crippen LogP contribution in [-0.2, 0) is 6.42 Å². The number of thiazole rings is 1. The van der Waals surface area contributed by atoms with E-state index in [9.17, 15) is 19.1 Å². The molecule has 5 rings (SSSR count). The van der Waals surface area contributed by atoms with Crippen molar-refractivity contribution in [3.63, 3.8) is 0 Å². The third-order valence-electron chi connectivity index (χ3n) is 5.59. The van der Waals surface area contributed by atoms with Crippen LogP contribution in [0.15, 0.2) is 42.2 Å². The summed E-state index contributed by atoms with van der Waals surface area (Å²) in [4.78, 5) is 40.2. The Hall–Kier alpha value is -3.68. The van der Waals surface area contributed by atoms with E-state index >= 15 is 0 Å². The van der Waals surface area contributed by atoms with E-state index in [4.69, 9.17) is 0 Å². The zero-order valence-corrected chi connectivity index (χ0v) is 20.5. The van der Waals surface area contributed by atoms with Crippen molar-refractivity contribution in [3.05, 3.63) is 58.4 Å². The van der Waals surface area contributed by atoms with Crippen molar-refractivity contribution in [1.82, 2.24) is 19.9 Å². The number of carbonyl (C=O) groups is 2. The summed E-state index contributed by atoms with van der Waals surface area (Å²) >= 11 is 2.92. The number of amides is 3. The maximum absolute atomic E-state index is 14.3. The Morgan fingerprint density at radius 1 is 1.19 bits per heavy atom. The monoisotopic (exact) mass is 527 g/mol. The molecule has 1 aromatic carbocycles. The Morgan fingerprint density at radius 2 is 2.08 bits per heavy atom. The summed E-state index contributed by atoms with van der Waals surface area (Å²) in [6.45, 7) is 1.16. The molecule has 36 heavy (non-hydrogen) atoms. The van der Waals surface area contributed by atoms with Gasteiger partial charge >= 0.3 is 6.03 Å². The number of fused-ring (bicyclic) bond motifs is 1. The molecule has 1 fully saturated rings. The topological polar surface area (TPSA) is 132 Å². The van der Waals surface area contributed by atoms with Gasteiger partial charge in [0.15, 0.2) is 5.13 Å². The van der Waals surface area contributed by atoms with Gasteiger partial charge < -0.3 is 20.6 Å². The number of rotatable bonds is 7. The normalized spacial score (nSPS) is 15.3. The molecule has 0 saturated carbocycles. The van der Waals surface area contributed by atoms with Crippen molar-refractivity contribution in [3.8, 4) is 0 Å². The minimum absolute atomic E-state index is 0.158. The second-order valence-corrected chi connectivity index (χ2v) is 10.2. The quantitative estimate of drug-likeness (QED) is 0.287. The van der Waals surface area contributed by atoms with Gasteiger partial charge in [0.25, 0.3) is 5.91 Å². The van der Waals surface area contributed by atoms with E-state index < -0.39 is 23.9 Å². The average molecular weight is 528 g/mol. The maximum atomic E-state index is 14.3. The lowest BCUT2D eigenvalue weighted by Gasteiger charge is -2.16. The van der Waals surface area contributed by atoms with E-state index in [1.807, 2.05) is 11.4 Å². The minimum Gasteiger partial charge on any atom is -0.391 e. The Bertz CT molecular complexity index is 1410. The van der Waals surface area contributed by atoms with E-state index in [1.54, 1.807) is 17.5 Å². The predicted molar refractivity (Wildman–Crippen MR) is 137 cm³/mol. The molecular weight excluding hydrogens is 505 g/mol. The molecule has 1 atom stereocenters.